The highest BCUT2D eigenvalue weighted by molar-refractivity contribution is 5.83. The van der Waals surface area contributed by atoms with Crippen molar-refractivity contribution in [2.45, 2.75) is 20.0 Å². The number of carbonyl (C=O) groups is 1. The predicted octanol–water partition coefficient (Wildman–Crippen LogP) is 3.71. The van der Waals surface area contributed by atoms with Crippen LogP contribution < -0.4 is 5.32 Å². The van der Waals surface area contributed by atoms with Gasteiger partial charge in [0.25, 0.3) is 0 Å². The maximum Gasteiger partial charge on any atom is 0.414 e. The second-order valence-electron chi connectivity index (χ2n) is 5.05. The summed E-state index contributed by atoms with van der Waals surface area (Å²) < 4.78 is 5.37. The lowest BCUT2D eigenvalue weighted by molar-refractivity contribution is 0.115. The van der Waals surface area contributed by atoms with Gasteiger partial charge in [-0.1, -0.05) is 50.0 Å². The van der Waals surface area contributed by atoms with Gasteiger partial charge in [-0.25, -0.2) is 9.78 Å². The van der Waals surface area contributed by atoms with Gasteiger partial charge in [-0.15, -0.1) is 0 Å². The Hall–Kier alpha value is -2.80. The normalized spacial score (nSPS) is 11.2. The summed E-state index contributed by atoms with van der Waals surface area (Å²) in [5.41, 5.74) is 0.891. The van der Waals surface area contributed by atoms with Crippen LogP contribution in [0.4, 0.5) is 10.6 Å². The van der Waals surface area contributed by atoms with Crippen LogP contribution in [0.5, 0.6) is 0 Å². The van der Waals surface area contributed by atoms with Crippen LogP contribution in [0.1, 0.15) is 19.4 Å². The second-order valence-corrected chi connectivity index (χ2v) is 5.05. The number of hydrogen-bond acceptors (Lipinski definition) is 3. The van der Waals surface area contributed by atoms with E-state index in [-0.39, 0.29) is 5.92 Å². The lowest BCUT2D eigenvalue weighted by Gasteiger charge is -2.16. The first-order valence-electron chi connectivity index (χ1n) is 7.10. The molecule has 0 spiro atoms. The third kappa shape index (κ3) is 4.95. The summed E-state index contributed by atoms with van der Waals surface area (Å²) in [5.74, 6) is 6.56. The predicted molar refractivity (Wildman–Crippen MR) is 86.3 cm³/mol. The molecule has 1 unspecified atom stereocenters. The molecule has 0 bridgehead atoms. The zero-order valence-corrected chi connectivity index (χ0v) is 12.6. The molecule has 0 saturated heterocycles. The van der Waals surface area contributed by atoms with E-state index >= 15 is 0 Å². The first-order valence-corrected chi connectivity index (χ1v) is 7.10. The van der Waals surface area contributed by atoms with Crippen LogP contribution >= 0.6 is 0 Å². The second kappa shape index (κ2) is 7.84. The van der Waals surface area contributed by atoms with E-state index in [1.807, 2.05) is 44.2 Å². The summed E-state index contributed by atoms with van der Waals surface area (Å²) in [5, 5.41) is 2.59. The topological polar surface area (TPSA) is 51.2 Å². The molecule has 22 heavy (non-hydrogen) atoms. The van der Waals surface area contributed by atoms with E-state index in [1.54, 1.807) is 24.4 Å². The summed E-state index contributed by atoms with van der Waals surface area (Å²) in [6.07, 6.45) is 0.564. The first kappa shape index (κ1) is 15.6. The number of benzene rings is 1. The molecule has 112 valence electrons. The summed E-state index contributed by atoms with van der Waals surface area (Å²) in [6.45, 7) is 3.91. The van der Waals surface area contributed by atoms with Crippen LogP contribution in [-0.2, 0) is 4.74 Å². The lowest BCUT2D eigenvalue weighted by Crippen LogP contribution is -2.25. The number of amides is 1. The summed E-state index contributed by atoms with van der Waals surface area (Å²) in [7, 11) is 0. The Morgan fingerprint density at radius 2 is 1.86 bits per heavy atom. The summed E-state index contributed by atoms with van der Waals surface area (Å²) in [4.78, 5) is 15.9. The number of aromatic nitrogens is 1. The van der Waals surface area contributed by atoms with Gasteiger partial charge in [0, 0.05) is 17.7 Å². The molecule has 1 aromatic heterocycles. The minimum Gasteiger partial charge on any atom is -0.432 e. The molecule has 1 N–H and O–H groups in total. The van der Waals surface area contributed by atoms with Gasteiger partial charge in [0.1, 0.15) is 5.82 Å². The molecule has 1 atom stereocenters. The maximum absolute atomic E-state index is 11.9. The molecule has 1 aromatic carbocycles. The fourth-order valence-electron chi connectivity index (χ4n) is 1.69. The minimum absolute atomic E-state index is 0.0886. The SMILES string of the molecule is CC(C)C(C#Cc1ccccc1)OC(=O)Nc1ccccn1. The van der Waals surface area contributed by atoms with Crippen molar-refractivity contribution >= 4 is 11.9 Å². The highest BCUT2D eigenvalue weighted by Gasteiger charge is 2.16. The average Bonchev–Trinajstić information content (AvgIpc) is 2.53. The van der Waals surface area contributed by atoms with Crippen LogP contribution in [0, 0.1) is 17.8 Å². The number of rotatable bonds is 3. The van der Waals surface area contributed by atoms with E-state index in [9.17, 15) is 4.79 Å². The van der Waals surface area contributed by atoms with Gasteiger partial charge in [-0.05, 0) is 24.3 Å². The Bertz CT molecular complexity index is 658. The van der Waals surface area contributed by atoms with E-state index in [0.717, 1.165) is 5.56 Å². The van der Waals surface area contributed by atoms with E-state index in [2.05, 4.69) is 22.1 Å². The van der Waals surface area contributed by atoms with Gasteiger partial charge in [0.15, 0.2) is 6.10 Å². The molecule has 2 aromatic rings. The fourth-order valence-corrected chi connectivity index (χ4v) is 1.69. The Labute approximate surface area is 130 Å². The molecule has 0 fully saturated rings. The van der Waals surface area contributed by atoms with Crippen molar-refractivity contribution in [2.75, 3.05) is 5.32 Å². The van der Waals surface area contributed by atoms with Crippen LogP contribution in [0.15, 0.2) is 54.7 Å². The number of nitrogens with one attached hydrogen (secondary N) is 1. The van der Waals surface area contributed by atoms with Gasteiger partial charge >= 0.3 is 6.09 Å². The average molecular weight is 294 g/mol. The van der Waals surface area contributed by atoms with E-state index in [1.165, 1.54) is 0 Å². The molecule has 0 aliphatic carbocycles. The molecule has 4 heteroatoms. The Kier molecular flexibility index (Phi) is 5.56. The van der Waals surface area contributed by atoms with Gasteiger partial charge in [0.05, 0.1) is 0 Å². The zero-order valence-electron chi connectivity index (χ0n) is 12.6. The van der Waals surface area contributed by atoms with Crippen LogP contribution in [0.2, 0.25) is 0 Å². The van der Waals surface area contributed by atoms with Crippen LogP contribution in [0.3, 0.4) is 0 Å². The highest BCUT2D eigenvalue weighted by atomic mass is 16.6. The van der Waals surface area contributed by atoms with Crippen molar-refractivity contribution in [3.8, 4) is 11.8 Å². The van der Waals surface area contributed by atoms with Gasteiger partial charge in [-0.2, -0.15) is 0 Å². The lowest BCUT2D eigenvalue weighted by atomic mass is 10.1. The first-order chi connectivity index (χ1) is 10.6. The van der Waals surface area contributed by atoms with E-state index in [0.29, 0.717) is 5.82 Å². The Morgan fingerprint density at radius 1 is 1.14 bits per heavy atom. The third-order valence-corrected chi connectivity index (χ3v) is 2.87. The number of carbonyl (C=O) groups excluding carboxylic acids is 1. The smallest absolute Gasteiger partial charge is 0.414 e. The van der Waals surface area contributed by atoms with E-state index in [4.69, 9.17) is 4.74 Å². The van der Waals surface area contributed by atoms with E-state index < -0.39 is 12.2 Å². The maximum atomic E-state index is 11.9. The molecule has 4 nitrogen and oxygen atoms in total. The van der Waals surface area contributed by atoms with Gasteiger partial charge < -0.3 is 4.74 Å². The molecule has 0 saturated carbocycles. The fraction of sp³-hybridized carbons (Fsp3) is 0.222. The largest absolute Gasteiger partial charge is 0.432 e. The zero-order chi connectivity index (χ0) is 15.8. The Balaban J connectivity index is 2.00. The Morgan fingerprint density at radius 3 is 2.50 bits per heavy atom. The van der Waals surface area contributed by atoms with Crippen molar-refractivity contribution in [3.63, 3.8) is 0 Å². The van der Waals surface area contributed by atoms with Gasteiger partial charge in [0.2, 0.25) is 0 Å². The minimum atomic E-state index is -0.556. The van der Waals surface area contributed by atoms with Crippen molar-refractivity contribution in [2.24, 2.45) is 5.92 Å². The molecular formula is C18H18N2O2. The molecule has 0 radical (unpaired) electrons. The van der Waals surface area contributed by atoms with Crippen molar-refractivity contribution in [1.29, 1.82) is 0 Å². The number of hydrogen-bond donors (Lipinski definition) is 1. The molecule has 0 aliphatic rings. The molecule has 0 aliphatic heterocycles. The number of anilines is 1. The molecule has 1 heterocycles. The van der Waals surface area contributed by atoms with Crippen LogP contribution in [0.25, 0.3) is 0 Å². The molecular weight excluding hydrogens is 276 g/mol. The highest BCUT2D eigenvalue weighted by Crippen LogP contribution is 2.09. The quantitative estimate of drug-likeness (QED) is 0.878. The van der Waals surface area contributed by atoms with Crippen molar-refractivity contribution < 1.29 is 9.53 Å². The summed E-state index contributed by atoms with van der Waals surface area (Å²) >= 11 is 0. The van der Waals surface area contributed by atoms with Crippen molar-refractivity contribution in [3.05, 3.63) is 60.3 Å². The number of ether oxygens (including phenoxy) is 1. The third-order valence-electron chi connectivity index (χ3n) is 2.87. The standard InChI is InChI=1S/C18H18N2O2/c1-14(2)16(12-11-15-8-4-3-5-9-15)22-18(21)20-17-10-6-7-13-19-17/h3-10,13-14,16H,1-2H3,(H,19,20,21). The van der Waals surface area contributed by atoms with Crippen molar-refractivity contribution in [1.82, 2.24) is 4.98 Å². The monoisotopic (exact) mass is 294 g/mol. The number of nitrogens with zero attached hydrogens (tertiary/aromatic N) is 1. The summed E-state index contributed by atoms with van der Waals surface area (Å²) in [6, 6.07) is 14.9. The van der Waals surface area contributed by atoms with Crippen LogP contribution in [-0.4, -0.2) is 17.2 Å². The van der Waals surface area contributed by atoms with Gasteiger partial charge in [-0.3, -0.25) is 5.32 Å². The molecule has 1 amide bonds. The number of pyridine rings is 1. The molecule has 2 rings (SSSR count).